The van der Waals surface area contributed by atoms with E-state index >= 15 is 0 Å². The van der Waals surface area contributed by atoms with Crippen LogP contribution in [-0.2, 0) is 17.8 Å². The van der Waals surface area contributed by atoms with Crippen molar-refractivity contribution in [2.75, 3.05) is 11.9 Å². The molecule has 0 fully saturated rings. The quantitative estimate of drug-likeness (QED) is 0.891. The van der Waals surface area contributed by atoms with Gasteiger partial charge in [-0.2, -0.15) is 5.10 Å². The SMILES string of the molecule is Cc1cc(-c2ccc3c(c2)CCC(=O)N3)n(CCN)n1. The summed E-state index contributed by atoms with van der Waals surface area (Å²) in [5, 5.41) is 7.37. The first-order valence-corrected chi connectivity index (χ1v) is 6.85. The van der Waals surface area contributed by atoms with E-state index in [2.05, 4.69) is 22.5 Å². The molecule has 0 atom stereocenters. The second-order valence-corrected chi connectivity index (χ2v) is 5.10. The number of aromatic nitrogens is 2. The average molecular weight is 270 g/mol. The normalized spacial score (nSPS) is 14.0. The first kappa shape index (κ1) is 12.9. The highest BCUT2D eigenvalue weighted by Gasteiger charge is 2.16. The molecule has 3 N–H and O–H groups in total. The molecule has 1 amide bonds. The van der Waals surface area contributed by atoms with Crippen LogP contribution in [0.1, 0.15) is 17.7 Å². The smallest absolute Gasteiger partial charge is 0.224 e. The highest BCUT2D eigenvalue weighted by atomic mass is 16.1. The molecule has 0 bridgehead atoms. The Labute approximate surface area is 117 Å². The lowest BCUT2D eigenvalue weighted by molar-refractivity contribution is -0.116. The minimum atomic E-state index is 0.0919. The molecule has 1 aliphatic heterocycles. The summed E-state index contributed by atoms with van der Waals surface area (Å²) in [7, 11) is 0. The molecule has 0 radical (unpaired) electrons. The molecular weight excluding hydrogens is 252 g/mol. The third-order valence-corrected chi connectivity index (χ3v) is 3.54. The van der Waals surface area contributed by atoms with E-state index in [1.54, 1.807) is 0 Å². The fourth-order valence-electron chi connectivity index (χ4n) is 2.61. The molecule has 0 spiro atoms. The van der Waals surface area contributed by atoms with Gasteiger partial charge < -0.3 is 11.1 Å². The number of carbonyl (C=O) groups is 1. The van der Waals surface area contributed by atoms with Gasteiger partial charge in [0.1, 0.15) is 0 Å². The lowest BCUT2D eigenvalue weighted by atomic mass is 9.99. The monoisotopic (exact) mass is 270 g/mol. The molecule has 3 rings (SSSR count). The minimum Gasteiger partial charge on any atom is -0.329 e. The number of benzene rings is 1. The first-order valence-electron chi connectivity index (χ1n) is 6.85. The molecule has 20 heavy (non-hydrogen) atoms. The van der Waals surface area contributed by atoms with E-state index in [0.29, 0.717) is 19.5 Å². The number of nitrogens with one attached hydrogen (secondary N) is 1. The Morgan fingerprint density at radius 3 is 3.00 bits per heavy atom. The van der Waals surface area contributed by atoms with E-state index in [-0.39, 0.29) is 5.91 Å². The van der Waals surface area contributed by atoms with Crippen molar-refractivity contribution < 1.29 is 4.79 Å². The van der Waals surface area contributed by atoms with E-state index in [9.17, 15) is 4.79 Å². The zero-order valence-corrected chi connectivity index (χ0v) is 11.5. The van der Waals surface area contributed by atoms with Crippen LogP contribution in [0.25, 0.3) is 11.3 Å². The van der Waals surface area contributed by atoms with Gasteiger partial charge in [-0.25, -0.2) is 0 Å². The van der Waals surface area contributed by atoms with Crippen LogP contribution in [0.4, 0.5) is 5.69 Å². The Hall–Kier alpha value is -2.14. The topological polar surface area (TPSA) is 72.9 Å². The van der Waals surface area contributed by atoms with E-state index < -0.39 is 0 Å². The van der Waals surface area contributed by atoms with Crippen molar-refractivity contribution in [3.63, 3.8) is 0 Å². The summed E-state index contributed by atoms with van der Waals surface area (Å²) in [6.07, 6.45) is 1.34. The lowest BCUT2D eigenvalue weighted by Gasteiger charge is -2.17. The second kappa shape index (κ2) is 5.09. The molecule has 1 aromatic carbocycles. The van der Waals surface area contributed by atoms with Crippen molar-refractivity contribution in [3.8, 4) is 11.3 Å². The largest absolute Gasteiger partial charge is 0.329 e. The van der Waals surface area contributed by atoms with Gasteiger partial charge in [0.25, 0.3) is 0 Å². The van der Waals surface area contributed by atoms with Gasteiger partial charge >= 0.3 is 0 Å². The van der Waals surface area contributed by atoms with E-state index in [1.165, 1.54) is 5.56 Å². The molecule has 104 valence electrons. The van der Waals surface area contributed by atoms with Crippen LogP contribution in [0.5, 0.6) is 0 Å². The van der Waals surface area contributed by atoms with Crippen molar-refractivity contribution in [2.45, 2.75) is 26.3 Å². The van der Waals surface area contributed by atoms with Gasteiger partial charge in [-0.05, 0) is 37.1 Å². The summed E-state index contributed by atoms with van der Waals surface area (Å²) < 4.78 is 1.94. The van der Waals surface area contributed by atoms with Gasteiger partial charge in [-0.1, -0.05) is 6.07 Å². The van der Waals surface area contributed by atoms with Crippen molar-refractivity contribution in [2.24, 2.45) is 5.73 Å². The Bertz CT molecular complexity index is 660. The van der Waals surface area contributed by atoms with Crippen LogP contribution in [0.15, 0.2) is 24.3 Å². The molecule has 5 nitrogen and oxygen atoms in total. The first-order chi connectivity index (χ1) is 9.67. The van der Waals surface area contributed by atoms with Crippen molar-refractivity contribution >= 4 is 11.6 Å². The molecule has 2 aromatic rings. The van der Waals surface area contributed by atoms with E-state index in [1.807, 2.05) is 23.7 Å². The van der Waals surface area contributed by atoms with Gasteiger partial charge in [-0.15, -0.1) is 0 Å². The number of nitrogens with zero attached hydrogens (tertiary/aromatic N) is 2. The Kier molecular flexibility index (Phi) is 3.28. The third kappa shape index (κ3) is 2.32. The lowest BCUT2D eigenvalue weighted by Crippen LogP contribution is -2.19. The average Bonchev–Trinajstić information content (AvgIpc) is 2.79. The molecule has 1 aromatic heterocycles. The number of rotatable bonds is 3. The van der Waals surface area contributed by atoms with Crippen LogP contribution < -0.4 is 11.1 Å². The molecule has 0 saturated heterocycles. The van der Waals surface area contributed by atoms with Crippen LogP contribution in [-0.4, -0.2) is 22.2 Å². The highest BCUT2D eigenvalue weighted by molar-refractivity contribution is 5.94. The zero-order valence-electron chi connectivity index (χ0n) is 11.5. The maximum absolute atomic E-state index is 11.4. The minimum absolute atomic E-state index is 0.0919. The maximum atomic E-state index is 11.4. The number of aryl methyl sites for hydroxylation is 2. The van der Waals surface area contributed by atoms with Crippen LogP contribution >= 0.6 is 0 Å². The van der Waals surface area contributed by atoms with E-state index in [4.69, 9.17) is 5.73 Å². The van der Waals surface area contributed by atoms with Crippen molar-refractivity contribution in [3.05, 3.63) is 35.5 Å². The maximum Gasteiger partial charge on any atom is 0.224 e. The highest BCUT2D eigenvalue weighted by Crippen LogP contribution is 2.29. The Balaban J connectivity index is 2.01. The van der Waals surface area contributed by atoms with Crippen molar-refractivity contribution in [1.29, 1.82) is 0 Å². The molecule has 0 aliphatic carbocycles. The molecule has 1 aliphatic rings. The van der Waals surface area contributed by atoms with Crippen molar-refractivity contribution in [1.82, 2.24) is 9.78 Å². The summed E-state index contributed by atoms with van der Waals surface area (Å²) in [5.74, 6) is 0.0919. The summed E-state index contributed by atoms with van der Waals surface area (Å²) in [5.41, 5.74) is 10.9. The fourth-order valence-corrected chi connectivity index (χ4v) is 2.61. The standard InChI is InChI=1S/C15H18N4O/c1-10-8-14(19(18-10)7-6-16)12-2-4-13-11(9-12)3-5-15(20)17-13/h2,4,8-9H,3,5-7,16H2,1H3,(H,17,20). The van der Waals surface area contributed by atoms with Gasteiger partial charge in [0.2, 0.25) is 5.91 Å². The summed E-state index contributed by atoms with van der Waals surface area (Å²) >= 11 is 0. The van der Waals surface area contributed by atoms with Crippen LogP contribution in [0, 0.1) is 6.92 Å². The number of fused-ring (bicyclic) bond motifs is 1. The summed E-state index contributed by atoms with van der Waals surface area (Å²) in [6, 6.07) is 8.20. The van der Waals surface area contributed by atoms with Gasteiger partial charge in [0.15, 0.2) is 0 Å². The summed E-state index contributed by atoms with van der Waals surface area (Å²) in [6.45, 7) is 3.25. The second-order valence-electron chi connectivity index (χ2n) is 5.10. The van der Waals surface area contributed by atoms with Gasteiger partial charge in [0.05, 0.1) is 17.9 Å². The van der Waals surface area contributed by atoms with Crippen LogP contribution in [0.2, 0.25) is 0 Å². The molecule has 0 unspecified atom stereocenters. The number of hydrogen-bond acceptors (Lipinski definition) is 3. The Morgan fingerprint density at radius 1 is 1.35 bits per heavy atom. The molecule has 2 heterocycles. The van der Waals surface area contributed by atoms with Crippen LogP contribution in [0.3, 0.4) is 0 Å². The number of hydrogen-bond donors (Lipinski definition) is 2. The Morgan fingerprint density at radius 2 is 2.20 bits per heavy atom. The number of amides is 1. The predicted octanol–water partition coefficient (Wildman–Crippen LogP) is 1.70. The fraction of sp³-hybridized carbons (Fsp3) is 0.333. The molecule has 5 heteroatoms. The van der Waals surface area contributed by atoms with E-state index in [0.717, 1.165) is 29.1 Å². The zero-order chi connectivity index (χ0) is 14.1. The predicted molar refractivity (Wildman–Crippen MR) is 78.4 cm³/mol. The molecule has 0 saturated carbocycles. The number of nitrogens with two attached hydrogens (primary N) is 1. The van der Waals surface area contributed by atoms with Gasteiger partial charge in [-0.3, -0.25) is 9.48 Å². The number of carbonyl (C=O) groups excluding carboxylic acids is 1. The number of anilines is 1. The molecular formula is C15H18N4O. The third-order valence-electron chi connectivity index (χ3n) is 3.54. The summed E-state index contributed by atoms with van der Waals surface area (Å²) in [4.78, 5) is 11.4. The van der Waals surface area contributed by atoms with Gasteiger partial charge in [0, 0.05) is 24.2 Å².